The number of hydrogen-bond acceptors (Lipinski definition) is 6. The van der Waals surface area contributed by atoms with Crippen LogP contribution < -0.4 is 9.80 Å². The predicted molar refractivity (Wildman–Crippen MR) is 224 cm³/mol. The van der Waals surface area contributed by atoms with Crippen LogP contribution in [0.1, 0.15) is 0 Å². The van der Waals surface area contributed by atoms with Crippen LogP contribution in [0.15, 0.2) is 187 Å². The van der Waals surface area contributed by atoms with E-state index in [1.807, 2.05) is 46.6 Å². The zero-order valence-corrected chi connectivity index (χ0v) is 30.8. The van der Waals surface area contributed by atoms with Crippen LogP contribution in [0.5, 0.6) is 0 Å². The Labute approximate surface area is 317 Å². The second kappa shape index (κ2) is 11.2. The second-order valence-electron chi connectivity index (χ2n) is 13.3. The summed E-state index contributed by atoms with van der Waals surface area (Å²) in [5, 5.41) is 5.39. The fourth-order valence-corrected chi connectivity index (χ4v) is 12.7. The van der Waals surface area contributed by atoms with E-state index in [1.54, 1.807) is 0 Å². The lowest BCUT2D eigenvalue weighted by Gasteiger charge is -2.33. The normalized spacial score (nSPS) is 13.8. The first-order valence-electron chi connectivity index (χ1n) is 17.3. The van der Waals surface area contributed by atoms with Crippen molar-refractivity contribution in [2.45, 2.75) is 29.4 Å². The van der Waals surface area contributed by atoms with E-state index >= 15 is 0 Å². The van der Waals surface area contributed by atoms with Gasteiger partial charge >= 0.3 is 0 Å². The van der Waals surface area contributed by atoms with Crippen molar-refractivity contribution in [2.24, 2.45) is 0 Å². The number of fused-ring (bicyclic) bond motifs is 10. The molecule has 0 aliphatic carbocycles. The molecule has 0 radical (unpaired) electrons. The molecule has 0 bridgehead atoms. The van der Waals surface area contributed by atoms with Gasteiger partial charge in [0.25, 0.3) is 0 Å². The molecule has 0 fully saturated rings. The van der Waals surface area contributed by atoms with Crippen LogP contribution in [0.2, 0.25) is 0 Å². The van der Waals surface area contributed by atoms with Crippen LogP contribution in [-0.4, -0.2) is 0 Å². The third-order valence-electron chi connectivity index (χ3n) is 10.4. The number of benzene rings is 8. The summed E-state index contributed by atoms with van der Waals surface area (Å²) in [6, 6.07) is 58.5. The van der Waals surface area contributed by atoms with E-state index in [4.69, 9.17) is 0 Å². The Morgan fingerprint density at radius 2 is 0.846 bits per heavy atom. The number of thiophene rings is 1. The Morgan fingerprint density at radius 1 is 0.327 bits per heavy atom. The van der Waals surface area contributed by atoms with E-state index in [0.29, 0.717) is 0 Å². The van der Waals surface area contributed by atoms with E-state index in [9.17, 15) is 0 Å². The highest BCUT2D eigenvalue weighted by molar-refractivity contribution is 8.00. The van der Waals surface area contributed by atoms with Crippen molar-refractivity contribution in [1.29, 1.82) is 0 Å². The molecule has 0 spiro atoms. The third-order valence-corrected chi connectivity index (χ3v) is 14.9. The van der Waals surface area contributed by atoms with Crippen molar-refractivity contribution in [3.8, 4) is 11.1 Å². The molecule has 8 aromatic carbocycles. The Morgan fingerprint density at radius 3 is 1.46 bits per heavy atom. The zero-order valence-electron chi connectivity index (χ0n) is 27.5. The maximum Gasteiger partial charge on any atom is 0.0601 e. The minimum atomic E-state index is 1.19. The molecule has 9 aromatic rings. The number of hydrogen-bond donors (Lipinski definition) is 0. The summed E-state index contributed by atoms with van der Waals surface area (Å²) in [6.45, 7) is 0. The van der Waals surface area contributed by atoms with Crippen molar-refractivity contribution in [3.63, 3.8) is 0 Å². The summed E-state index contributed by atoms with van der Waals surface area (Å²) in [7, 11) is 0. The van der Waals surface area contributed by atoms with Gasteiger partial charge in [-0.25, -0.2) is 0 Å². The van der Waals surface area contributed by atoms with Crippen molar-refractivity contribution in [1.82, 2.24) is 0 Å². The Hall–Kier alpha value is -5.11. The van der Waals surface area contributed by atoms with Gasteiger partial charge < -0.3 is 9.80 Å². The monoisotopic (exact) mass is 734 g/mol. The molecule has 0 atom stereocenters. The molecule has 4 heterocycles. The molecule has 0 saturated carbocycles. The van der Waals surface area contributed by atoms with Crippen LogP contribution in [0.3, 0.4) is 0 Å². The van der Waals surface area contributed by atoms with Crippen LogP contribution in [0, 0.1) is 0 Å². The highest BCUT2D eigenvalue weighted by Gasteiger charge is 2.29. The molecule has 244 valence electrons. The first kappa shape index (κ1) is 29.5. The summed E-state index contributed by atoms with van der Waals surface area (Å²) in [4.78, 5) is 12.6. The van der Waals surface area contributed by atoms with Gasteiger partial charge in [-0.1, -0.05) is 108 Å². The van der Waals surface area contributed by atoms with Gasteiger partial charge in [0.15, 0.2) is 0 Å². The summed E-state index contributed by atoms with van der Waals surface area (Å²) in [5.74, 6) is 0. The highest BCUT2D eigenvalue weighted by Crippen LogP contribution is 2.56. The molecular formula is C46H26N2S4. The van der Waals surface area contributed by atoms with E-state index in [-0.39, 0.29) is 0 Å². The summed E-state index contributed by atoms with van der Waals surface area (Å²) < 4.78 is 2.65. The van der Waals surface area contributed by atoms with Crippen molar-refractivity contribution in [2.75, 3.05) is 9.80 Å². The average Bonchev–Trinajstić information content (AvgIpc) is 3.56. The molecule has 2 nitrogen and oxygen atoms in total. The van der Waals surface area contributed by atoms with E-state index in [1.165, 1.54) is 106 Å². The number of nitrogens with zero attached hydrogens (tertiary/aromatic N) is 2. The molecule has 12 rings (SSSR count). The van der Waals surface area contributed by atoms with Crippen molar-refractivity contribution < 1.29 is 0 Å². The smallest absolute Gasteiger partial charge is 0.0601 e. The van der Waals surface area contributed by atoms with Gasteiger partial charge in [0, 0.05) is 66.3 Å². The molecule has 0 amide bonds. The predicted octanol–water partition coefficient (Wildman–Crippen LogP) is 15.2. The quantitative estimate of drug-likeness (QED) is 0.174. The Bertz CT molecular complexity index is 2890. The van der Waals surface area contributed by atoms with Crippen LogP contribution >= 0.6 is 46.6 Å². The van der Waals surface area contributed by atoms with Crippen LogP contribution in [-0.2, 0) is 0 Å². The molecular weight excluding hydrogens is 709 g/mol. The summed E-state index contributed by atoms with van der Waals surface area (Å²) in [5.41, 5.74) is 9.96. The van der Waals surface area contributed by atoms with Crippen molar-refractivity contribution >= 4 is 112 Å². The van der Waals surface area contributed by atoms with E-state index in [0.717, 1.165) is 0 Å². The Balaban J connectivity index is 1.02. The molecule has 0 saturated heterocycles. The van der Waals surface area contributed by atoms with Crippen molar-refractivity contribution in [3.05, 3.63) is 158 Å². The first-order chi connectivity index (χ1) is 25.8. The van der Waals surface area contributed by atoms with Gasteiger partial charge in [0.05, 0.1) is 22.7 Å². The lowest BCUT2D eigenvalue weighted by Crippen LogP contribution is -2.14. The summed E-state index contributed by atoms with van der Waals surface area (Å²) >= 11 is 7.52. The molecule has 1 aromatic heterocycles. The largest absolute Gasteiger partial charge is 0.308 e. The fourth-order valence-electron chi connectivity index (χ4n) is 8.18. The number of anilines is 6. The lowest BCUT2D eigenvalue weighted by molar-refractivity contribution is 1.16. The maximum absolute atomic E-state index is 2.47. The lowest BCUT2D eigenvalue weighted by atomic mass is 9.94. The average molecular weight is 735 g/mol. The van der Waals surface area contributed by atoms with Gasteiger partial charge in [-0.3, -0.25) is 0 Å². The third kappa shape index (κ3) is 4.24. The van der Waals surface area contributed by atoms with Gasteiger partial charge in [-0.2, -0.15) is 0 Å². The standard InChI is InChI=1S/C46H26N2S4/c1-5-15-37-33(11-1)47(34-12-2-6-16-38(34)49-37)27-20-22-29-32-26-44-45(31-10-9-19-41(46(31)32)51-42(29)24-27)30-23-21-28(25-43(30)52-44)48-35-13-3-7-17-39(35)50-40-18-8-4-14-36(40)48/h1-26H. The van der Waals surface area contributed by atoms with E-state index < -0.39 is 0 Å². The van der Waals surface area contributed by atoms with Crippen LogP contribution in [0.4, 0.5) is 34.1 Å². The van der Waals surface area contributed by atoms with Gasteiger partial charge in [0.1, 0.15) is 0 Å². The van der Waals surface area contributed by atoms with E-state index in [2.05, 4.69) is 168 Å². The molecule has 3 aliphatic heterocycles. The second-order valence-corrected chi connectivity index (χ2v) is 17.6. The van der Waals surface area contributed by atoms with Gasteiger partial charge in [-0.15, -0.1) is 11.3 Å². The molecule has 3 aliphatic rings. The Kier molecular flexibility index (Phi) is 6.34. The first-order valence-corrected chi connectivity index (χ1v) is 20.6. The molecule has 0 N–H and O–H groups in total. The minimum absolute atomic E-state index is 1.19. The maximum atomic E-state index is 2.47. The van der Waals surface area contributed by atoms with Gasteiger partial charge in [-0.05, 0) is 101 Å². The highest BCUT2D eigenvalue weighted by atomic mass is 32.2. The topological polar surface area (TPSA) is 6.48 Å². The van der Waals surface area contributed by atoms with Gasteiger partial charge in [0.2, 0.25) is 0 Å². The summed E-state index contributed by atoms with van der Waals surface area (Å²) in [6.07, 6.45) is 0. The zero-order chi connectivity index (χ0) is 33.9. The minimum Gasteiger partial charge on any atom is -0.308 e. The molecule has 0 unspecified atom stereocenters. The van der Waals surface area contributed by atoms with Crippen LogP contribution in [0.25, 0.3) is 42.1 Å². The molecule has 52 heavy (non-hydrogen) atoms. The molecule has 6 heteroatoms. The number of para-hydroxylation sites is 4. The SMILES string of the molecule is c1ccc2c(c1)Sc1ccccc1N2c1ccc2c(c1)Sc1cccc3c1c-2cc1sc2cc(N4c5ccccc5Sc5ccccc54)ccc2c13. The fraction of sp³-hybridized carbons (Fsp3) is 0. The number of rotatable bonds is 2.